The van der Waals surface area contributed by atoms with Crippen LogP contribution in [-0.4, -0.2) is 27.8 Å². The second-order valence-electron chi connectivity index (χ2n) is 4.97. The quantitative estimate of drug-likeness (QED) is 0.788. The normalized spacial score (nSPS) is 11.2. The highest BCUT2D eigenvalue weighted by Gasteiger charge is 2.18. The SMILES string of the molecule is CCc1ccc(OCCS(=O)(=O)N(C)c2ccccc2)cc1. The van der Waals surface area contributed by atoms with Gasteiger partial charge in [0, 0.05) is 7.05 Å². The van der Waals surface area contributed by atoms with Gasteiger partial charge in [0.1, 0.15) is 18.1 Å². The van der Waals surface area contributed by atoms with Gasteiger partial charge in [-0.2, -0.15) is 0 Å². The number of ether oxygens (including phenoxy) is 1. The van der Waals surface area contributed by atoms with Crippen LogP contribution in [0.1, 0.15) is 12.5 Å². The van der Waals surface area contributed by atoms with E-state index >= 15 is 0 Å². The van der Waals surface area contributed by atoms with Crippen molar-refractivity contribution in [1.29, 1.82) is 0 Å². The summed E-state index contributed by atoms with van der Waals surface area (Å²) in [5, 5.41) is 0. The predicted octanol–water partition coefficient (Wildman–Crippen LogP) is 3.09. The van der Waals surface area contributed by atoms with Gasteiger partial charge in [-0.1, -0.05) is 37.3 Å². The van der Waals surface area contributed by atoms with Crippen molar-refractivity contribution in [3.8, 4) is 5.75 Å². The van der Waals surface area contributed by atoms with Gasteiger partial charge in [0.15, 0.2) is 0 Å². The third-order valence-corrected chi connectivity index (χ3v) is 5.21. The summed E-state index contributed by atoms with van der Waals surface area (Å²) in [6.45, 7) is 2.22. The fourth-order valence-corrected chi connectivity index (χ4v) is 3.03. The Morgan fingerprint density at radius 2 is 1.64 bits per heavy atom. The van der Waals surface area contributed by atoms with Crippen molar-refractivity contribution >= 4 is 15.7 Å². The smallest absolute Gasteiger partial charge is 0.238 e. The number of hydrogen-bond donors (Lipinski definition) is 0. The van der Waals surface area contributed by atoms with Crippen molar-refractivity contribution in [1.82, 2.24) is 0 Å². The molecule has 22 heavy (non-hydrogen) atoms. The molecule has 2 rings (SSSR count). The third-order valence-electron chi connectivity index (χ3n) is 3.48. The lowest BCUT2D eigenvalue weighted by atomic mass is 10.2. The van der Waals surface area contributed by atoms with Crippen molar-refractivity contribution in [3.05, 3.63) is 60.2 Å². The molecule has 0 unspecified atom stereocenters. The molecule has 0 saturated heterocycles. The van der Waals surface area contributed by atoms with E-state index in [1.807, 2.05) is 42.5 Å². The molecule has 0 aromatic heterocycles. The first-order valence-electron chi connectivity index (χ1n) is 7.26. The molecule has 0 atom stereocenters. The minimum absolute atomic E-state index is 0.0616. The zero-order valence-electron chi connectivity index (χ0n) is 12.9. The molecule has 0 aliphatic rings. The van der Waals surface area contributed by atoms with Crippen molar-refractivity contribution < 1.29 is 13.2 Å². The minimum atomic E-state index is -3.39. The molecule has 0 radical (unpaired) electrons. The predicted molar refractivity (Wildman–Crippen MR) is 89.9 cm³/mol. The molecule has 0 spiro atoms. The Balaban J connectivity index is 1.92. The van der Waals surface area contributed by atoms with Gasteiger partial charge in [0.25, 0.3) is 0 Å². The Hall–Kier alpha value is -2.01. The van der Waals surface area contributed by atoms with Gasteiger partial charge in [-0.15, -0.1) is 0 Å². The number of anilines is 1. The van der Waals surface area contributed by atoms with Gasteiger partial charge in [-0.05, 0) is 36.2 Å². The minimum Gasteiger partial charge on any atom is -0.492 e. The first-order valence-corrected chi connectivity index (χ1v) is 8.87. The molecule has 0 N–H and O–H groups in total. The summed E-state index contributed by atoms with van der Waals surface area (Å²) in [7, 11) is -1.83. The molecule has 118 valence electrons. The lowest BCUT2D eigenvalue weighted by molar-refractivity contribution is 0.340. The largest absolute Gasteiger partial charge is 0.492 e. The second-order valence-corrected chi connectivity index (χ2v) is 7.08. The molecule has 0 saturated carbocycles. The summed E-state index contributed by atoms with van der Waals surface area (Å²) in [5.41, 5.74) is 1.87. The molecule has 0 heterocycles. The highest BCUT2D eigenvalue weighted by molar-refractivity contribution is 7.92. The maximum absolute atomic E-state index is 12.3. The summed E-state index contributed by atoms with van der Waals surface area (Å²) in [6, 6.07) is 16.7. The monoisotopic (exact) mass is 319 g/mol. The van der Waals surface area contributed by atoms with Crippen molar-refractivity contribution in [2.24, 2.45) is 0 Å². The molecule has 0 fully saturated rings. The van der Waals surface area contributed by atoms with E-state index in [0.29, 0.717) is 11.4 Å². The summed E-state index contributed by atoms with van der Waals surface area (Å²) >= 11 is 0. The number of sulfonamides is 1. The maximum atomic E-state index is 12.3. The average Bonchev–Trinajstić information content (AvgIpc) is 2.55. The fraction of sp³-hybridized carbons (Fsp3) is 0.294. The number of para-hydroxylation sites is 1. The molecule has 5 heteroatoms. The summed E-state index contributed by atoms with van der Waals surface area (Å²) in [4.78, 5) is 0. The van der Waals surface area contributed by atoms with Gasteiger partial charge in [-0.3, -0.25) is 4.31 Å². The van der Waals surface area contributed by atoms with E-state index in [1.54, 1.807) is 19.2 Å². The van der Waals surface area contributed by atoms with Crippen LogP contribution in [-0.2, 0) is 16.4 Å². The Morgan fingerprint density at radius 1 is 1.00 bits per heavy atom. The van der Waals surface area contributed by atoms with Crippen LogP contribution in [0.25, 0.3) is 0 Å². The molecule has 0 amide bonds. The average molecular weight is 319 g/mol. The molecular weight excluding hydrogens is 298 g/mol. The van der Waals surface area contributed by atoms with Crippen molar-refractivity contribution in [2.75, 3.05) is 23.7 Å². The Bertz CT molecular complexity index is 682. The summed E-state index contributed by atoms with van der Waals surface area (Å²) < 4.78 is 31.3. The number of aryl methyl sites for hydroxylation is 1. The van der Waals surface area contributed by atoms with Crippen molar-refractivity contribution in [3.63, 3.8) is 0 Å². The van der Waals surface area contributed by atoms with Crippen LogP contribution in [0.5, 0.6) is 5.75 Å². The molecule has 0 bridgehead atoms. The first kappa shape index (κ1) is 16.4. The Morgan fingerprint density at radius 3 is 2.23 bits per heavy atom. The first-order chi connectivity index (χ1) is 10.5. The molecule has 0 aliphatic heterocycles. The van der Waals surface area contributed by atoms with Gasteiger partial charge < -0.3 is 4.74 Å². The van der Waals surface area contributed by atoms with Crippen LogP contribution in [0, 0.1) is 0 Å². The van der Waals surface area contributed by atoms with E-state index in [2.05, 4.69) is 6.92 Å². The summed E-state index contributed by atoms with van der Waals surface area (Å²) in [5.74, 6) is 0.628. The van der Waals surface area contributed by atoms with E-state index in [1.165, 1.54) is 9.87 Å². The van der Waals surface area contributed by atoms with E-state index in [0.717, 1.165) is 6.42 Å². The standard InChI is InChI=1S/C17H21NO3S/c1-3-15-9-11-17(12-10-15)21-13-14-22(19,20)18(2)16-7-5-4-6-8-16/h4-12H,3,13-14H2,1-2H3. The van der Waals surface area contributed by atoms with Crippen LogP contribution >= 0.6 is 0 Å². The Kier molecular flexibility index (Phi) is 5.44. The zero-order valence-corrected chi connectivity index (χ0v) is 13.7. The molecule has 0 aliphatic carbocycles. The van der Waals surface area contributed by atoms with E-state index in [4.69, 9.17) is 4.74 Å². The number of hydrogen-bond acceptors (Lipinski definition) is 3. The van der Waals surface area contributed by atoms with Crippen molar-refractivity contribution in [2.45, 2.75) is 13.3 Å². The lowest BCUT2D eigenvalue weighted by Gasteiger charge is -2.19. The zero-order chi connectivity index (χ0) is 16.0. The van der Waals surface area contributed by atoms with Crippen LogP contribution in [0.4, 0.5) is 5.69 Å². The molecule has 2 aromatic carbocycles. The maximum Gasteiger partial charge on any atom is 0.238 e. The van der Waals surface area contributed by atoms with Gasteiger partial charge in [0.2, 0.25) is 10.0 Å². The number of rotatable bonds is 7. The van der Waals surface area contributed by atoms with Crippen LogP contribution in [0.2, 0.25) is 0 Å². The van der Waals surface area contributed by atoms with Crippen LogP contribution in [0.15, 0.2) is 54.6 Å². The molecular formula is C17H21NO3S. The fourth-order valence-electron chi connectivity index (χ4n) is 2.02. The van der Waals surface area contributed by atoms with Crippen LogP contribution < -0.4 is 9.04 Å². The molecule has 4 nitrogen and oxygen atoms in total. The van der Waals surface area contributed by atoms with E-state index in [-0.39, 0.29) is 12.4 Å². The lowest BCUT2D eigenvalue weighted by Crippen LogP contribution is -2.31. The highest BCUT2D eigenvalue weighted by Crippen LogP contribution is 2.16. The van der Waals surface area contributed by atoms with E-state index in [9.17, 15) is 8.42 Å². The number of benzene rings is 2. The van der Waals surface area contributed by atoms with Gasteiger partial charge >= 0.3 is 0 Å². The Labute approximate surface area is 132 Å². The van der Waals surface area contributed by atoms with E-state index < -0.39 is 10.0 Å². The number of nitrogens with zero attached hydrogens (tertiary/aromatic N) is 1. The topological polar surface area (TPSA) is 46.6 Å². The van der Waals surface area contributed by atoms with Crippen LogP contribution in [0.3, 0.4) is 0 Å². The van der Waals surface area contributed by atoms with Gasteiger partial charge in [-0.25, -0.2) is 8.42 Å². The summed E-state index contributed by atoms with van der Waals surface area (Å²) in [6.07, 6.45) is 0.969. The third kappa shape index (κ3) is 4.24. The van der Waals surface area contributed by atoms with Gasteiger partial charge in [0.05, 0.1) is 5.69 Å². The molecule has 2 aromatic rings. The highest BCUT2D eigenvalue weighted by atomic mass is 32.2. The second kappa shape index (κ2) is 7.31.